The largest absolute Gasteiger partial charge is 0.330 e. The summed E-state index contributed by atoms with van der Waals surface area (Å²) in [6.45, 7) is 0. The van der Waals surface area contributed by atoms with Crippen molar-refractivity contribution in [2.24, 2.45) is 0 Å². The van der Waals surface area contributed by atoms with Crippen molar-refractivity contribution in [2.45, 2.75) is 0 Å². The van der Waals surface area contributed by atoms with E-state index in [1.54, 1.807) is 6.07 Å². The number of non-ortho nitro benzene ring substituents is 1. The van der Waals surface area contributed by atoms with Gasteiger partial charge in [-0.05, 0) is 30.4 Å². The fourth-order valence-electron chi connectivity index (χ4n) is 1.65. The first-order chi connectivity index (χ1) is 10.5. The molecule has 2 aromatic rings. The molecule has 2 aromatic carbocycles. The average Bonchev–Trinajstić information content (AvgIpc) is 2.49. The molecule has 0 aliphatic carbocycles. The van der Waals surface area contributed by atoms with Crippen molar-refractivity contribution in [3.05, 3.63) is 70.0 Å². The van der Waals surface area contributed by atoms with Crippen LogP contribution in [0, 0.1) is 15.9 Å². The number of hydrogen-bond donors (Lipinski definition) is 2. The molecule has 0 saturated carbocycles. The van der Waals surface area contributed by atoms with E-state index >= 15 is 0 Å². The van der Waals surface area contributed by atoms with E-state index in [2.05, 4.69) is 10.6 Å². The van der Waals surface area contributed by atoms with Crippen LogP contribution in [0.5, 0.6) is 0 Å². The summed E-state index contributed by atoms with van der Waals surface area (Å²) in [7, 11) is 0. The Balaban J connectivity index is 2.06. The molecule has 6 nitrogen and oxygen atoms in total. The SMILES string of the molecule is O=C(NC(=S)Nc1ccccc1F)c1cccc([N+](=O)[O-])c1. The normalized spacial score (nSPS) is 9.86. The second kappa shape index (κ2) is 6.72. The molecule has 112 valence electrons. The maximum atomic E-state index is 13.4. The first-order valence-corrected chi connectivity index (χ1v) is 6.49. The molecule has 2 rings (SSSR count). The number of anilines is 1. The van der Waals surface area contributed by atoms with E-state index in [0.29, 0.717) is 0 Å². The van der Waals surface area contributed by atoms with Crippen molar-refractivity contribution in [1.29, 1.82) is 0 Å². The van der Waals surface area contributed by atoms with Crippen molar-refractivity contribution in [2.75, 3.05) is 5.32 Å². The number of nitrogens with zero attached hydrogens (tertiary/aromatic N) is 1. The minimum Gasteiger partial charge on any atom is -0.330 e. The second-order valence-electron chi connectivity index (χ2n) is 4.20. The Morgan fingerprint density at radius 2 is 1.91 bits per heavy atom. The van der Waals surface area contributed by atoms with Crippen LogP contribution in [0.3, 0.4) is 0 Å². The molecule has 0 spiro atoms. The lowest BCUT2D eigenvalue weighted by Crippen LogP contribution is -2.34. The van der Waals surface area contributed by atoms with Crippen molar-refractivity contribution < 1.29 is 14.1 Å². The zero-order valence-corrected chi connectivity index (χ0v) is 11.9. The smallest absolute Gasteiger partial charge is 0.270 e. The van der Waals surface area contributed by atoms with Crippen molar-refractivity contribution in [3.8, 4) is 0 Å². The number of hydrogen-bond acceptors (Lipinski definition) is 4. The van der Waals surface area contributed by atoms with E-state index in [1.165, 1.54) is 36.4 Å². The van der Waals surface area contributed by atoms with Gasteiger partial charge in [-0.15, -0.1) is 0 Å². The number of nitro benzene ring substituents is 1. The molecule has 0 atom stereocenters. The van der Waals surface area contributed by atoms with Crippen molar-refractivity contribution in [3.63, 3.8) is 0 Å². The van der Waals surface area contributed by atoms with Crippen LogP contribution in [-0.4, -0.2) is 15.9 Å². The first-order valence-electron chi connectivity index (χ1n) is 6.08. The summed E-state index contributed by atoms with van der Waals surface area (Å²) in [4.78, 5) is 22.0. The minimum atomic E-state index is -0.627. The Bertz CT molecular complexity index is 752. The van der Waals surface area contributed by atoms with Crippen LogP contribution in [-0.2, 0) is 0 Å². The zero-order chi connectivity index (χ0) is 16.1. The molecule has 0 aromatic heterocycles. The number of rotatable bonds is 3. The summed E-state index contributed by atoms with van der Waals surface area (Å²) in [5.41, 5.74) is -0.0145. The summed E-state index contributed by atoms with van der Waals surface area (Å²) in [6, 6.07) is 11.0. The number of nitrogens with one attached hydrogen (secondary N) is 2. The van der Waals surface area contributed by atoms with E-state index in [0.717, 1.165) is 6.07 Å². The predicted octanol–water partition coefficient (Wildman–Crippen LogP) is 2.86. The summed E-state index contributed by atoms with van der Waals surface area (Å²) < 4.78 is 13.4. The van der Waals surface area contributed by atoms with E-state index < -0.39 is 16.6 Å². The van der Waals surface area contributed by atoms with E-state index in [1.807, 2.05) is 0 Å². The number of thiocarbonyl (C=S) groups is 1. The summed E-state index contributed by atoms with van der Waals surface area (Å²) in [6.07, 6.45) is 0. The highest BCUT2D eigenvalue weighted by atomic mass is 32.1. The molecule has 0 heterocycles. The first kappa shape index (κ1) is 15.5. The van der Waals surface area contributed by atoms with Crippen LogP contribution in [0.4, 0.5) is 15.8 Å². The molecule has 0 aliphatic rings. The lowest BCUT2D eigenvalue weighted by Gasteiger charge is -2.10. The number of carbonyl (C=O) groups excluding carboxylic acids is 1. The van der Waals surface area contributed by atoms with Crippen LogP contribution >= 0.6 is 12.2 Å². The van der Waals surface area contributed by atoms with E-state index in [9.17, 15) is 19.3 Å². The number of nitro groups is 1. The summed E-state index contributed by atoms with van der Waals surface area (Å²) >= 11 is 4.91. The molecule has 0 saturated heterocycles. The molecule has 0 fully saturated rings. The Labute approximate surface area is 130 Å². The van der Waals surface area contributed by atoms with E-state index in [-0.39, 0.29) is 22.1 Å². The molecule has 1 amide bonds. The van der Waals surface area contributed by atoms with Crippen LogP contribution < -0.4 is 10.6 Å². The van der Waals surface area contributed by atoms with Crippen LogP contribution in [0.15, 0.2) is 48.5 Å². The standard InChI is InChI=1S/C14H10FN3O3S/c15-11-6-1-2-7-12(11)16-14(22)17-13(19)9-4-3-5-10(8-9)18(20)21/h1-8H,(H2,16,17,19,22). The van der Waals surface area contributed by atoms with Gasteiger partial charge in [0.15, 0.2) is 5.11 Å². The maximum absolute atomic E-state index is 13.4. The summed E-state index contributed by atoms with van der Waals surface area (Å²) in [5.74, 6) is -1.15. The molecular formula is C14H10FN3O3S. The third-order valence-corrected chi connectivity index (χ3v) is 2.87. The second-order valence-corrected chi connectivity index (χ2v) is 4.60. The molecule has 0 bridgehead atoms. The van der Waals surface area contributed by atoms with Gasteiger partial charge in [-0.1, -0.05) is 18.2 Å². The lowest BCUT2D eigenvalue weighted by atomic mass is 10.2. The predicted molar refractivity (Wildman–Crippen MR) is 83.2 cm³/mol. The molecule has 0 unspecified atom stereocenters. The van der Waals surface area contributed by atoms with Gasteiger partial charge in [-0.25, -0.2) is 4.39 Å². The third kappa shape index (κ3) is 3.83. The molecule has 0 aliphatic heterocycles. The van der Waals surface area contributed by atoms with Gasteiger partial charge < -0.3 is 5.32 Å². The van der Waals surface area contributed by atoms with Gasteiger partial charge in [0.2, 0.25) is 0 Å². The van der Waals surface area contributed by atoms with Gasteiger partial charge >= 0.3 is 0 Å². The third-order valence-electron chi connectivity index (χ3n) is 2.67. The van der Waals surface area contributed by atoms with Gasteiger partial charge in [0, 0.05) is 17.7 Å². The highest BCUT2D eigenvalue weighted by molar-refractivity contribution is 7.80. The highest BCUT2D eigenvalue weighted by Crippen LogP contribution is 2.14. The van der Waals surface area contributed by atoms with E-state index in [4.69, 9.17) is 12.2 Å². The van der Waals surface area contributed by atoms with Gasteiger partial charge in [0.05, 0.1) is 10.6 Å². The quantitative estimate of drug-likeness (QED) is 0.516. The molecule has 2 N–H and O–H groups in total. The van der Waals surface area contributed by atoms with Gasteiger partial charge in [-0.2, -0.15) is 0 Å². The Morgan fingerprint density at radius 1 is 1.18 bits per heavy atom. The highest BCUT2D eigenvalue weighted by Gasteiger charge is 2.13. The maximum Gasteiger partial charge on any atom is 0.270 e. The average molecular weight is 319 g/mol. The monoisotopic (exact) mass is 319 g/mol. The van der Waals surface area contributed by atoms with Crippen molar-refractivity contribution >= 4 is 34.6 Å². The lowest BCUT2D eigenvalue weighted by molar-refractivity contribution is -0.384. The topological polar surface area (TPSA) is 84.3 Å². The van der Waals surface area contributed by atoms with Gasteiger partial charge in [-0.3, -0.25) is 20.2 Å². The molecule has 8 heteroatoms. The number of amides is 1. The van der Waals surface area contributed by atoms with Crippen LogP contribution in [0.1, 0.15) is 10.4 Å². The molecule has 0 radical (unpaired) electrons. The zero-order valence-electron chi connectivity index (χ0n) is 11.1. The molecular weight excluding hydrogens is 309 g/mol. The van der Waals surface area contributed by atoms with Gasteiger partial charge in [0.1, 0.15) is 5.82 Å². The number of benzene rings is 2. The summed E-state index contributed by atoms with van der Waals surface area (Å²) in [5, 5.41) is 15.4. The number of para-hydroxylation sites is 1. The van der Waals surface area contributed by atoms with Crippen molar-refractivity contribution in [1.82, 2.24) is 5.32 Å². The fourth-order valence-corrected chi connectivity index (χ4v) is 1.85. The minimum absolute atomic E-state index is 0.0758. The fraction of sp³-hybridized carbons (Fsp3) is 0. The molecule has 22 heavy (non-hydrogen) atoms. The number of carbonyl (C=O) groups is 1. The van der Waals surface area contributed by atoms with Crippen LogP contribution in [0.25, 0.3) is 0 Å². The Morgan fingerprint density at radius 3 is 2.59 bits per heavy atom. The van der Waals surface area contributed by atoms with Crippen LogP contribution in [0.2, 0.25) is 0 Å². The Hall–Kier alpha value is -2.87. The number of halogens is 1. The van der Waals surface area contributed by atoms with Gasteiger partial charge in [0.25, 0.3) is 11.6 Å². The Kier molecular flexibility index (Phi) is 4.74.